The highest BCUT2D eigenvalue weighted by molar-refractivity contribution is 5.98. The molecule has 1 aliphatic rings. The summed E-state index contributed by atoms with van der Waals surface area (Å²) in [5.74, 6) is -1.49. The van der Waals surface area contributed by atoms with Gasteiger partial charge in [0.2, 0.25) is 0 Å². The Hall–Kier alpha value is -4.66. The van der Waals surface area contributed by atoms with Crippen LogP contribution in [0.2, 0.25) is 0 Å². The van der Waals surface area contributed by atoms with E-state index in [0.29, 0.717) is 5.56 Å². The fraction of sp³-hybridized carbons (Fsp3) is 0.290. The van der Waals surface area contributed by atoms with Crippen LogP contribution in [-0.2, 0) is 19.0 Å². The molecule has 2 amide bonds. The average Bonchev–Trinajstić information content (AvgIpc) is 3.25. The third kappa shape index (κ3) is 7.25. The number of nitrogens with one attached hydrogen (secondary N) is 2. The van der Waals surface area contributed by atoms with E-state index in [1.54, 1.807) is 51.1 Å². The monoisotopic (exact) mass is 544 g/mol. The Morgan fingerprint density at radius 3 is 1.95 bits per heavy atom. The number of benzene rings is 3. The number of fused-ring (bicyclic) bond motifs is 3. The van der Waals surface area contributed by atoms with Crippen LogP contribution in [0.5, 0.6) is 0 Å². The second-order valence-electron chi connectivity index (χ2n) is 10.3. The molecule has 3 aromatic rings. The number of Topliss-reactive ketones (excluding diaryl/α,β-unsaturated/α-hetero) is 1. The summed E-state index contributed by atoms with van der Waals surface area (Å²) in [5, 5.41) is 4.90. The number of alkyl carbamates (subject to hydrolysis) is 2. The van der Waals surface area contributed by atoms with E-state index < -0.39 is 42.2 Å². The molecule has 0 spiro atoms. The third-order valence-electron chi connectivity index (χ3n) is 6.21. The van der Waals surface area contributed by atoms with Crippen molar-refractivity contribution in [3.05, 3.63) is 95.6 Å². The van der Waals surface area contributed by atoms with Gasteiger partial charge in [-0.05, 0) is 43.0 Å². The number of hydrogen-bond donors (Lipinski definition) is 2. The molecule has 0 radical (unpaired) electrons. The van der Waals surface area contributed by atoms with Crippen molar-refractivity contribution in [1.82, 2.24) is 10.6 Å². The van der Waals surface area contributed by atoms with Crippen molar-refractivity contribution in [3.63, 3.8) is 0 Å². The molecule has 0 fully saturated rings. The number of carbonyl (C=O) groups excluding carboxylic acids is 4. The molecule has 0 saturated carbocycles. The molecule has 3 aromatic carbocycles. The average molecular weight is 545 g/mol. The highest BCUT2D eigenvalue weighted by Crippen LogP contribution is 2.44. The van der Waals surface area contributed by atoms with Crippen molar-refractivity contribution in [3.8, 4) is 11.1 Å². The Morgan fingerprint density at radius 1 is 0.775 bits per heavy atom. The molecule has 0 aromatic heterocycles. The molecule has 0 bridgehead atoms. The number of esters is 1. The quantitative estimate of drug-likeness (QED) is 0.225. The van der Waals surface area contributed by atoms with Gasteiger partial charge in [0, 0.05) is 11.5 Å². The fourth-order valence-electron chi connectivity index (χ4n) is 4.42. The molecule has 0 heterocycles. The lowest BCUT2D eigenvalue weighted by Crippen LogP contribution is -2.50. The first-order valence-electron chi connectivity index (χ1n) is 13.0. The number of carbonyl (C=O) groups is 4. The second-order valence-corrected chi connectivity index (χ2v) is 10.3. The van der Waals surface area contributed by atoms with Crippen molar-refractivity contribution in [1.29, 1.82) is 0 Å². The van der Waals surface area contributed by atoms with Crippen LogP contribution in [0.15, 0.2) is 78.9 Å². The zero-order chi connectivity index (χ0) is 28.7. The van der Waals surface area contributed by atoms with Gasteiger partial charge in [0.15, 0.2) is 12.4 Å². The number of ether oxygens (including phenoxy) is 3. The largest absolute Gasteiger partial charge is 0.456 e. The van der Waals surface area contributed by atoms with Gasteiger partial charge in [-0.1, -0.05) is 78.9 Å². The molecule has 9 nitrogen and oxygen atoms in total. The van der Waals surface area contributed by atoms with E-state index in [-0.39, 0.29) is 19.1 Å². The molecule has 2 N–H and O–H groups in total. The molecule has 0 aliphatic heterocycles. The van der Waals surface area contributed by atoms with Crippen LogP contribution < -0.4 is 10.6 Å². The van der Waals surface area contributed by atoms with Gasteiger partial charge in [0.05, 0.1) is 6.54 Å². The lowest BCUT2D eigenvalue weighted by molar-refractivity contribution is -0.144. The highest BCUT2D eigenvalue weighted by atomic mass is 16.6. The molecule has 1 aliphatic carbocycles. The first-order valence-corrected chi connectivity index (χ1v) is 13.0. The van der Waals surface area contributed by atoms with Gasteiger partial charge in [-0.15, -0.1) is 0 Å². The minimum absolute atomic E-state index is 0.0353. The predicted octanol–water partition coefficient (Wildman–Crippen LogP) is 4.84. The standard InChI is InChI=1S/C31H32N2O7/c1-31(2,3)40-29(36)32-17-26(28(35)38-19-27(34)20-11-5-4-6-12-20)33-30(37)39-18-25-23-15-9-7-13-21(23)22-14-8-10-16-24(22)25/h4-16,25-26H,17-19H2,1-3H3,(H,32,36)(H,33,37)/t26-/m0/s1. The Bertz CT molecular complexity index is 1340. The summed E-state index contributed by atoms with van der Waals surface area (Å²) in [7, 11) is 0. The van der Waals surface area contributed by atoms with E-state index in [1.807, 2.05) is 48.5 Å². The van der Waals surface area contributed by atoms with Gasteiger partial charge in [0.1, 0.15) is 18.2 Å². The highest BCUT2D eigenvalue weighted by Gasteiger charge is 2.30. The maximum absolute atomic E-state index is 12.9. The summed E-state index contributed by atoms with van der Waals surface area (Å²) in [6.07, 6.45) is -1.65. The minimum atomic E-state index is -1.33. The van der Waals surface area contributed by atoms with Crippen molar-refractivity contribution in [2.24, 2.45) is 0 Å². The maximum atomic E-state index is 12.9. The SMILES string of the molecule is CC(C)(C)OC(=O)NC[C@H](NC(=O)OCC1c2ccccc2-c2ccccc21)C(=O)OCC(=O)c1ccccc1. The minimum Gasteiger partial charge on any atom is -0.456 e. The first kappa shape index (κ1) is 28.4. The third-order valence-corrected chi connectivity index (χ3v) is 6.21. The summed E-state index contributed by atoms with van der Waals surface area (Å²) in [4.78, 5) is 50.2. The van der Waals surface area contributed by atoms with Crippen LogP contribution >= 0.6 is 0 Å². The molecule has 40 heavy (non-hydrogen) atoms. The second kappa shape index (κ2) is 12.5. The van der Waals surface area contributed by atoms with Crippen LogP contribution in [0.4, 0.5) is 9.59 Å². The number of amides is 2. The fourth-order valence-corrected chi connectivity index (χ4v) is 4.42. The molecular formula is C31H32N2O7. The zero-order valence-corrected chi connectivity index (χ0v) is 22.6. The van der Waals surface area contributed by atoms with Gasteiger partial charge < -0.3 is 24.8 Å². The molecule has 1 atom stereocenters. The van der Waals surface area contributed by atoms with Gasteiger partial charge in [-0.2, -0.15) is 0 Å². The van der Waals surface area contributed by atoms with Crippen molar-refractivity contribution in [2.75, 3.05) is 19.8 Å². The first-order chi connectivity index (χ1) is 19.1. The number of hydrogen-bond acceptors (Lipinski definition) is 7. The lowest BCUT2D eigenvalue weighted by atomic mass is 9.98. The molecule has 9 heteroatoms. The van der Waals surface area contributed by atoms with Crippen LogP contribution in [0.3, 0.4) is 0 Å². The van der Waals surface area contributed by atoms with E-state index in [2.05, 4.69) is 10.6 Å². The molecule has 0 saturated heterocycles. The normalized spacial score (nSPS) is 12.9. The summed E-state index contributed by atoms with van der Waals surface area (Å²) in [6, 6.07) is 22.9. The van der Waals surface area contributed by atoms with Gasteiger partial charge in [-0.3, -0.25) is 4.79 Å². The Kier molecular flexibility index (Phi) is 8.83. The summed E-state index contributed by atoms with van der Waals surface area (Å²) in [6.45, 7) is 4.26. The maximum Gasteiger partial charge on any atom is 0.407 e. The zero-order valence-electron chi connectivity index (χ0n) is 22.6. The van der Waals surface area contributed by atoms with Crippen LogP contribution in [0.25, 0.3) is 11.1 Å². The smallest absolute Gasteiger partial charge is 0.407 e. The topological polar surface area (TPSA) is 120 Å². The van der Waals surface area contributed by atoms with Gasteiger partial charge in [-0.25, -0.2) is 14.4 Å². The van der Waals surface area contributed by atoms with Crippen molar-refractivity contribution < 1.29 is 33.4 Å². The van der Waals surface area contributed by atoms with Gasteiger partial charge in [0.25, 0.3) is 0 Å². The van der Waals surface area contributed by atoms with Crippen LogP contribution in [-0.4, -0.2) is 55.3 Å². The van der Waals surface area contributed by atoms with Crippen LogP contribution in [0.1, 0.15) is 48.2 Å². The summed E-state index contributed by atoms with van der Waals surface area (Å²) >= 11 is 0. The van der Waals surface area contributed by atoms with E-state index in [1.165, 1.54) is 0 Å². The van der Waals surface area contributed by atoms with E-state index >= 15 is 0 Å². The van der Waals surface area contributed by atoms with Gasteiger partial charge >= 0.3 is 18.2 Å². The van der Waals surface area contributed by atoms with E-state index in [4.69, 9.17) is 14.2 Å². The summed E-state index contributed by atoms with van der Waals surface area (Å²) < 4.78 is 15.9. The van der Waals surface area contributed by atoms with E-state index in [9.17, 15) is 19.2 Å². The number of rotatable bonds is 9. The lowest BCUT2D eigenvalue weighted by Gasteiger charge is -2.22. The summed E-state index contributed by atoms with van der Waals surface area (Å²) in [5.41, 5.74) is 3.86. The molecule has 208 valence electrons. The molecule has 0 unspecified atom stereocenters. The predicted molar refractivity (Wildman–Crippen MR) is 148 cm³/mol. The Labute approximate surface area is 232 Å². The number of ketones is 1. The molecular weight excluding hydrogens is 512 g/mol. The van der Waals surface area contributed by atoms with E-state index in [0.717, 1.165) is 22.3 Å². The van der Waals surface area contributed by atoms with Crippen molar-refractivity contribution >= 4 is 23.9 Å². The Morgan fingerprint density at radius 2 is 1.35 bits per heavy atom. The Balaban J connectivity index is 1.40. The van der Waals surface area contributed by atoms with Crippen molar-refractivity contribution in [2.45, 2.75) is 38.3 Å². The van der Waals surface area contributed by atoms with Crippen LogP contribution in [0, 0.1) is 0 Å². The molecule has 4 rings (SSSR count).